The Kier molecular flexibility index (Phi) is 6.36. The predicted molar refractivity (Wildman–Crippen MR) is 109 cm³/mol. The maximum atomic E-state index is 12.4. The van der Waals surface area contributed by atoms with E-state index in [1.54, 1.807) is 49.7 Å². The lowest BCUT2D eigenvalue weighted by Crippen LogP contribution is -2.17. The first-order valence-electron chi connectivity index (χ1n) is 8.89. The van der Waals surface area contributed by atoms with Crippen molar-refractivity contribution >= 4 is 23.2 Å². The summed E-state index contributed by atoms with van der Waals surface area (Å²) in [6.45, 7) is 0. The minimum atomic E-state index is -0.284. The zero-order chi connectivity index (χ0) is 19.8. The number of amides is 2. The molecule has 0 unspecified atom stereocenters. The SMILES string of the molecule is COc1ccc(CCC(=O)Nc2ccccc2NC(=O)c2cccnc2)cc1. The van der Waals surface area contributed by atoms with Gasteiger partial charge in [0.15, 0.2) is 0 Å². The molecule has 0 bridgehead atoms. The molecule has 2 aromatic carbocycles. The Bertz CT molecular complexity index is 941. The summed E-state index contributed by atoms with van der Waals surface area (Å²) in [6.07, 6.45) is 4.04. The molecule has 2 N–H and O–H groups in total. The Morgan fingerprint density at radius 1 is 0.929 bits per heavy atom. The van der Waals surface area contributed by atoms with E-state index in [0.29, 0.717) is 29.8 Å². The lowest BCUT2D eigenvalue weighted by atomic mass is 10.1. The van der Waals surface area contributed by atoms with Crippen molar-refractivity contribution in [1.82, 2.24) is 4.98 Å². The van der Waals surface area contributed by atoms with Crippen molar-refractivity contribution in [1.29, 1.82) is 0 Å². The molecule has 0 aliphatic rings. The highest BCUT2D eigenvalue weighted by molar-refractivity contribution is 6.07. The normalized spacial score (nSPS) is 10.2. The van der Waals surface area contributed by atoms with Crippen LogP contribution in [-0.2, 0) is 11.2 Å². The van der Waals surface area contributed by atoms with Crippen LogP contribution in [0.5, 0.6) is 5.75 Å². The van der Waals surface area contributed by atoms with Gasteiger partial charge in [-0.1, -0.05) is 24.3 Å². The number of benzene rings is 2. The van der Waals surface area contributed by atoms with E-state index in [0.717, 1.165) is 11.3 Å². The lowest BCUT2D eigenvalue weighted by Gasteiger charge is -2.12. The molecule has 1 heterocycles. The van der Waals surface area contributed by atoms with Gasteiger partial charge in [-0.3, -0.25) is 14.6 Å². The van der Waals surface area contributed by atoms with E-state index in [9.17, 15) is 9.59 Å². The summed E-state index contributed by atoms with van der Waals surface area (Å²) in [5, 5.41) is 5.68. The number of aryl methyl sites for hydroxylation is 1. The fourth-order valence-corrected chi connectivity index (χ4v) is 2.66. The van der Waals surface area contributed by atoms with Gasteiger partial charge < -0.3 is 15.4 Å². The smallest absolute Gasteiger partial charge is 0.257 e. The summed E-state index contributed by atoms with van der Waals surface area (Å²) < 4.78 is 5.13. The van der Waals surface area contributed by atoms with E-state index in [2.05, 4.69) is 15.6 Å². The molecule has 0 saturated heterocycles. The minimum absolute atomic E-state index is 0.126. The molecule has 0 spiro atoms. The molecule has 142 valence electrons. The van der Waals surface area contributed by atoms with Crippen molar-refractivity contribution < 1.29 is 14.3 Å². The first kappa shape index (κ1) is 19.1. The van der Waals surface area contributed by atoms with Crippen LogP contribution in [-0.4, -0.2) is 23.9 Å². The zero-order valence-corrected chi connectivity index (χ0v) is 15.5. The Morgan fingerprint density at radius 3 is 2.29 bits per heavy atom. The second-order valence-electron chi connectivity index (χ2n) is 6.14. The Morgan fingerprint density at radius 2 is 1.64 bits per heavy atom. The molecule has 0 aliphatic carbocycles. The first-order chi connectivity index (χ1) is 13.7. The van der Waals surface area contributed by atoms with E-state index >= 15 is 0 Å². The molecule has 0 radical (unpaired) electrons. The topological polar surface area (TPSA) is 80.3 Å². The van der Waals surface area contributed by atoms with Crippen LogP contribution >= 0.6 is 0 Å². The molecule has 6 heteroatoms. The molecule has 0 saturated carbocycles. The second kappa shape index (κ2) is 9.32. The number of carbonyl (C=O) groups excluding carboxylic acids is 2. The minimum Gasteiger partial charge on any atom is -0.497 e. The van der Waals surface area contributed by atoms with Crippen LogP contribution in [0.2, 0.25) is 0 Å². The summed E-state index contributed by atoms with van der Waals surface area (Å²) >= 11 is 0. The van der Waals surface area contributed by atoms with E-state index in [4.69, 9.17) is 4.74 Å². The second-order valence-corrected chi connectivity index (χ2v) is 6.14. The molecule has 28 heavy (non-hydrogen) atoms. The van der Waals surface area contributed by atoms with Crippen molar-refractivity contribution in [3.8, 4) is 5.75 Å². The van der Waals surface area contributed by atoms with Gasteiger partial charge in [0, 0.05) is 18.8 Å². The fraction of sp³-hybridized carbons (Fsp3) is 0.136. The third kappa shape index (κ3) is 5.17. The van der Waals surface area contributed by atoms with Gasteiger partial charge in [0.25, 0.3) is 5.91 Å². The van der Waals surface area contributed by atoms with Crippen molar-refractivity contribution in [2.24, 2.45) is 0 Å². The van der Waals surface area contributed by atoms with Crippen molar-refractivity contribution in [2.45, 2.75) is 12.8 Å². The van der Waals surface area contributed by atoms with Gasteiger partial charge in [0.2, 0.25) is 5.91 Å². The third-order valence-electron chi connectivity index (χ3n) is 4.17. The van der Waals surface area contributed by atoms with Crippen LogP contribution in [0.1, 0.15) is 22.3 Å². The maximum absolute atomic E-state index is 12.4. The number of rotatable bonds is 7. The number of para-hydroxylation sites is 2. The zero-order valence-electron chi connectivity index (χ0n) is 15.5. The Balaban J connectivity index is 1.60. The van der Waals surface area contributed by atoms with Crippen LogP contribution in [0, 0.1) is 0 Å². The van der Waals surface area contributed by atoms with E-state index in [-0.39, 0.29) is 11.8 Å². The maximum Gasteiger partial charge on any atom is 0.257 e. The summed E-state index contributed by atoms with van der Waals surface area (Å²) in [7, 11) is 1.62. The average molecular weight is 375 g/mol. The molecule has 3 rings (SSSR count). The van der Waals surface area contributed by atoms with Crippen LogP contribution in [0.3, 0.4) is 0 Å². The number of hydrogen-bond acceptors (Lipinski definition) is 4. The number of anilines is 2. The highest BCUT2D eigenvalue weighted by atomic mass is 16.5. The van der Waals surface area contributed by atoms with Gasteiger partial charge in [-0.2, -0.15) is 0 Å². The number of aromatic nitrogens is 1. The molecule has 6 nitrogen and oxygen atoms in total. The summed E-state index contributed by atoms with van der Waals surface area (Å²) in [5.41, 5.74) is 2.59. The van der Waals surface area contributed by atoms with Crippen LogP contribution in [0.15, 0.2) is 73.1 Å². The number of carbonyl (C=O) groups is 2. The van der Waals surface area contributed by atoms with Gasteiger partial charge in [0.05, 0.1) is 24.0 Å². The largest absolute Gasteiger partial charge is 0.497 e. The summed E-state index contributed by atoms with van der Waals surface area (Å²) in [6, 6.07) is 18.1. The van der Waals surface area contributed by atoms with Crippen molar-refractivity contribution in [3.05, 3.63) is 84.2 Å². The van der Waals surface area contributed by atoms with Gasteiger partial charge in [-0.25, -0.2) is 0 Å². The average Bonchev–Trinajstić information content (AvgIpc) is 2.74. The number of nitrogens with one attached hydrogen (secondary N) is 2. The quantitative estimate of drug-likeness (QED) is 0.656. The summed E-state index contributed by atoms with van der Waals surface area (Å²) in [5.74, 6) is 0.374. The van der Waals surface area contributed by atoms with Gasteiger partial charge in [0.1, 0.15) is 5.75 Å². The summed E-state index contributed by atoms with van der Waals surface area (Å²) in [4.78, 5) is 28.6. The Hall–Kier alpha value is -3.67. The lowest BCUT2D eigenvalue weighted by molar-refractivity contribution is -0.116. The Labute approximate surface area is 163 Å². The molecule has 0 fully saturated rings. The predicted octanol–water partition coefficient (Wildman–Crippen LogP) is 3.91. The van der Waals surface area contributed by atoms with Crippen LogP contribution < -0.4 is 15.4 Å². The molecule has 2 amide bonds. The highest BCUT2D eigenvalue weighted by Crippen LogP contribution is 2.22. The molecule has 0 aliphatic heterocycles. The van der Waals surface area contributed by atoms with Gasteiger partial charge in [-0.05, 0) is 48.4 Å². The number of ether oxygens (including phenoxy) is 1. The number of methoxy groups -OCH3 is 1. The number of pyridine rings is 1. The van der Waals surface area contributed by atoms with E-state index in [1.165, 1.54) is 6.20 Å². The fourth-order valence-electron chi connectivity index (χ4n) is 2.66. The van der Waals surface area contributed by atoms with Crippen LogP contribution in [0.4, 0.5) is 11.4 Å². The van der Waals surface area contributed by atoms with E-state index in [1.807, 2.05) is 24.3 Å². The van der Waals surface area contributed by atoms with Crippen molar-refractivity contribution in [2.75, 3.05) is 17.7 Å². The third-order valence-corrected chi connectivity index (χ3v) is 4.17. The molecular weight excluding hydrogens is 354 g/mol. The van der Waals surface area contributed by atoms with Gasteiger partial charge >= 0.3 is 0 Å². The first-order valence-corrected chi connectivity index (χ1v) is 8.89. The molecular formula is C22H21N3O3. The molecule has 3 aromatic rings. The molecule has 0 atom stereocenters. The monoisotopic (exact) mass is 375 g/mol. The van der Waals surface area contributed by atoms with Gasteiger partial charge in [-0.15, -0.1) is 0 Å². The van der Waals surface area contributed by atoms with E-state index < -0.39 is 0 Å². The van der Waals surface area contributed by atoms with Crippen LogP contribution in [0.25, 0.3) is 0 Å². The highest BCUT2D eigenvalue weighted by Gasteiger charge is 2.11. The van der Waals surface area contributed by atoms with Crippen molar-refractivity contribution in [3.63, 3.8) is 0 Å². The number of nitrogens with zero attached hydrogens (tertiary/aromatic N) is 1. The standard InChI is InChI=1S/C22H21N3O3/c1-28-18-11-8-16(9-12-18)10-13-21(26)24-19-6-2-3-7-20(19)25-22(27)17-5-4-14-23-15-17/h2-9,11-12,14-15H,10,13H2,1H3,(H,24,26)(H,25,27). The molecule has 1 aromatic heterocycles. The number of hydrogen-bond donors (Lipinski definition) is 2.